The zero-order valence-electron chi connectivity index (χ0n) is 21.8. The van der Waals surface area contributed by atoms with Gasteiger partial charge in [0.25, 0.3) is 11.8 Å². The fourth-order valence-corrected chi connectivity index (χ4v) is 4.45. The molecule has 2 amide bonds. The first-order valence-corrected chi connectivity index (χ1v) is 12.3. The molecule has 1 aliphatic heterocycles. The largest absolute Gasteiger partial charge is 0.491 e. The van der Waals surface area contributed by atoms with Crippen molar-refractivity contribution in [1.82, 2.24) is 10.3 Å². The Morgan fingerprint density at radius 3 is 2.59 bits per heavy atom. The minimum absolute atomic E-state index is 0.0122. The van der Waals surface area contributed by atoms with Gasteiger partial charge in [-0.15, -0.1) is 0 Å². The van der Waals surface area contributed by atoms with E-state index >= 15 is 0 Å². The lowest BCUT2D eigenvalue weighted by atomic mass is 9.77. The van der Waals surface area contributed by atoms with E-state index in [-0.39, 0.29) is 35.9 Å². The molecule has 0 unspecified atom stereocenters. The molecule has 0 saturated carbocycles. The van der Waals surface area contributed by atoms with Crippen LogP contribution in [0.1, 0.15) is 42.2 Å². The summed E-state index contributed by atoms with van der Waals surface area (Å²) in [5.41, 5.74) is 2.65. The van der Waals surface area contributed by atoms with E-state index in [1.165, 1.54) is 31.3 Å². The highest BCUT2D eigenvalue weighted by Crippen LogP contribution is 2.54. The highest BCUT2D eigenvalue weighted by Gasteiger charge is 2.65. The highest BCUT2D eigenvalue weighted by molar-refractivity contribution is 5.97. The zero-order chi connectivity index (χ0) is 28.8. The van der Waals surface area contributed by atoms with Crippen molar-refractivity contribution in [3.63, 3.8) is 0 Å². The summed E-state index contributed by atoms with van der Waals surface area (Å²) in [5, 5.41) is 5.46. The van der Waals surface area contributed by atoms with E-state index in [0.29, 0.717) is 6.61 Å². The molecule has 214 valence electrons. The number of primary amides is 1. The summed E-state index contributed by atoms with van der Waals surface area (Å²) >= 11 is 0. The fourth-order valence-electron chi connectivity index (χ4n) is 4.45. The predicted molar refractivity (Wildman–Crippen MR) is 134 cm³/mol. The Morgan fingerprint density at radius 1 is 1.18 bits per heavy atom. The van der Waals surface area contributed by atoms with E-state index in [9.17, 15) is 27.2 Å². The van der Waals surface area contributed by atoms with Gasteiger partial charge in [0.15, 0.2) is 5.60 Å². The van der Waals surface area contributed by atoms with Crippen molar-refractivity contribution in [3.8, 4) is 5.75 Å². The van der Waals surface area contributed by atoms with Gasteiger partial charge < -0.3 is 30.6 Å². The number of aromatic nitrogens is 1. The summed E-state index contributed by atoms with van der Waals surface area (Å²) in [6.07, 6.45) is -4.47. The van der Waals surface area contributed by atoms with Crippen molar-refractivity contribution in [2.24, 2.45) is 11.7 Å². The molecule has 0 radical (unpaired) electrons. The second-order valence-electron chi connectivity index (χ2n) is 9.34. The van der Waals surface area contributed by atoms with Crippen molar-refractivity contribution in [2.45, 2.75) is 44.1 Å². The molecule has 1 fully saturated rings. The summed E-state index contributed by atoms with van der Waals surface area (Å²) in [6.45, 7) is 3.61. The van der Waals surface area contributed by atoms with Gasteiger partial charge in [-0.3, -0.25) is 14.6 Å². The molecular weight excluding hydrogens is 524 g/mol. The Kier molecular flexibility index (Phi) is 9.86. The molecule has 2 aromatic rings. The average molecular weight is 557 g/mol. The van der Waals surface area contributed by atoms with Gasteiger partial charge in [0.1, 0.15) is 30.0 Å². The number of carbonyl (C=O) groups excluding carboxylic acids is 2. The topological polar surface area (TPSA) is 125 Å². The number of nitrogens with two attached hydrogens (primary N) is 1. The Morgan fingerprint density at radius 2 is 1.92 bits per heavy atom. The molecule has 9 nitrogen and oxygen atoms in total. The van der Waals surface area contributed by atoms with Crippen LogP contribution in [0.5, 0.6) is 5.75 Å². The zero-order valence-corrected chi connectivity index (χ0v) is 21.8. The number of hydrogen-bond acceptors (Lipinski definition) is 7. The number of pyridine rings is 1. The molecule has 0 bridgehead atoms. The molecule has 1 aromatic heterocycles. The van der Waals surface area contributed by atoms with Crippen LogP contribution < -0.4 is 21.1 Å². The first-order valence-electron chi connectivity index (χ1n) is 12.3. The molecule has 2 heterocycles. The lowest BCUT2D eigenvalue weighted by Gasteiger charge is -2.32. The quantitative estimate of drug-likeness (QED) is 0.270. The molecule has 3 rings (SSSR count). The van der Waals surface area contributed by atoms with Crippen LogP contribution >= 0.6 is 0 Å². The number of anilines is 1. The maximum Gasteiger partial charge on any atom is 0.417 e. The summed E-state index contributed by atoms with van der Waals surface area (Å²) in [4.78, 5) is 28.6. The first kappa shape index (κ1) is 30.3. The number of nitrogens with zero attached hydrogens (tertiary/aromatic N) is 1. The Balaban J connectivity index is 1.90. The Hall–Kier alpha value is -3.29. The van der Waals surface area contributed by atoms with E-state index in [4.69, 9.17) is 19.9 Å². The van der Waals surface area contributed by atoms with E-state index in [0.717, 1.165) is 32.0 Å². The summed E-state index contributed by atoms with van der Waals surface area (Å²) in [7, 11) is 1.81. The van der Waals surface area contributed by atoms with Gasteiger partial charge in [0.05, 0.1) is 6.61 Å². The van der Waals surface area contributed by atoms with E-state index in [1.807, 2.05) is 7.05 Å². The monoisotopic (exact) mass is 556 g/mol. The molecule has 0 spiro atoms. The second kappa shape index (κ2) is 12.7. The van der Waals surface area contributed by atoms with Crippen LogP contribution in [0, 0.1) is 11.7 Å². The number of amides is 2. The second-order valence-corrected chi connectivity index (χ2v) is 9.34. The first-order chi connectivity index (χ1) is 18.4. The third-order valence-electron chi connectivity index (χ3n) is 6.74. The number of alkyl halides is 3. The minimum atomic E-state index is -4.82. The highest BCUT2D eigenvalue weighted by atomic mass is 19.4. The van der Waals surface area contributed by atoms with Crippen LogP contribution in [-0.4, -0.2) is 68.1 Å². The number of halogens is 4. The number of benzene rings is 1. The van der Waals surface area contributed by atoms with E-state index in [2.05, 4.69) is 15.6 Å². The number of carbonyl (C=O) groups is 2. The van der Waals surface area contributed by atoms with Crippen LogP contribution in [0.25, 0.3) is 0 Å². The summed E-state index contributed by atoms with van der Waals surface area (Å²) < 4.78 is 73.4. The van der Waals surface area contributed by atoms with Crippen LogP contribution in [0.4, 0.5) is 23.2 Å². The number of nitrogens with one attached hydrogen (secondary N) is 2. The van der Waals surface area contributed by atoms with Crippen LogP contribution in [0.3, 0.4) is 0 Å². The maximum absolute atomic E-state index is 14.2. The molecule has 4 N–H and O–H groups in total. The van der Waals surface area contributed by atoms with Gasteiger partial charge >= 0.3 is 6.18 Å². The van der Waals surface area contributed by atoms with Gasteiger partial charge in [-0.25, -0.2) is 4.39 Å². The number of ether oxygens (including phenoxy) is 3. The molecule has 0 aliphatic carbocycles. The van der Waals surface area contributed by atoms with Crippen LogP contribution in [0.2, 0.25) is 0 Å². The summed E-state index contributed by atoms with van der Waals surface area (Å²) in [5.74, 6) is -4.86. The van der Waals surface area contributed by atoms with Crippen LogP contribution in [-0.2, 0) is 14.3 Å². The molecule has 13 heteroatoms. The summed E-state index contributed by atoms with van der Waals surface area (Å²) in [6, 6.07) is 5.99. The average Bonchev–Trinajstić information content (AvgIpc) is 3.15. The Labute approximate surface area is 223 Å². The molecule has 1 aromatic carbocycles. The molecule has 1 aliphatic rings. The molecule has 1 saturated heterocycles. The van der Waals surface area contributed by atoms with Crippen molar-refractivity contribution in [1.29, 1.82) is 0 Å². The van der Waals surface area contributed by atoms with Gasteiger partial charge in [-0.1, -0.05) is 13.0 Å². The molecular formula is C26H32F4N4O5. The third kappa shape index (κ3) is 7.02. The Bertz CT molecular complexity index is 1170. The van der Waals surface area contributed by atoms with E-state index in [1.54, 1.807) is 0 Å². The third-order valence-corrected chi connectivity index (χ3v) is 6.74. The van der Waals surface area contributed by atoms with Crippen molar-refractivity contribution in [3.05, 3.63) is 53.6 Å². The standard InChI is InChI=1S/C26H32F4N4O5/c1-15-21(18-6-5-16(27)13-20(18)38-12-11-37-10-4-8-32-3)22(39-25(15,2)26(28,29)30)24(36)34-17-7-9-33-19(14-17)23(31)35/h5-7,9,13-15,21-22,32H,4,8,10-12H2,1-3H3,(H2,31,35)(H,33,34,36)/t15-,21-,22+,25+/m0/s1. The smallest absolute Gasteiger partial charge is 0.417 e. The van der Waals surface area contributed by atoms with Gasteiger partial charge in [0.2, 0.25) is 0 Å². The fraction of sp³-hybridized carbons (Fsp3) is 0.500. The SMILES string of the molecule is CNCCCOCCOc1cc(F)ccc1[C@H]1[C@H](C(=O)Nc2ccnc(C(N)=O)c2)O[C@@](C)(C(F)(F)F)[C@H]1C. The predicted octanol–water partition coefficient (Wildman–Crippen LogP) is 3.40. The minimum Gasteiger partial charge on any atom is -0.491 e. The lowest BCUT2D eigenvalue weighted by molar-refractivity contribution is -0.272. The molecule has 4 atom stereocenters. The van der Waals surface area contributed by atoms with Crippen molar-refractivity contribution in [2.75, 3.05) is 38.7 Å². The van der Waals surface area contributed by atoms with Gasteiger partial charge in [0, 0.05) is 42.0 Å². The molecule has 39 heavy (non-hydrogen) atoms. The lowest BCUT2D eigenvalue weighted by Crippen LogP contribution is -2.47. The van der Waals surface area contributed by atoms with Gasteiger partial charge in [-0.2, -0.15) is 13.2 Å². The number of rotatable bonds is 12. The van der Waals surface area contributed by atoms with Crippen molar-refractivity contribution >= 4 is 17.5 Å². The van der Waals surface area contributed by atoms with E-state index < -0.39 is 47.3 Å². The maximum atomic E-state index is 14.2. The van der Waals surface area contributed by atoms with Gasteiger partial charge in [-0.05, 0) is 45.1 Å². The normalized spacial score (nSPS) is 23.0. The van der Waals surface area contributed by atoms with Crippen LogP contribution in [0.15, 0.2) is 36.5 Å². The van der Waals surface area contributed by atoms with Crippen molar-refractivity contribution < 1.29 is 41.4 Å². The number of hydrogen-bond donors (Lipinski definition) is 3.